The molecule has 0 aliphatic heterocycles. The van der Waals surface area contributed by atoms with Gasteiger partial charge in [0.1, 0.15) is 0 Å². The number of benzene rings is 2. The molecule has 0 radical (unpaired) electrons. The minimum absolute atomic E-state index is 0.399. The number of rotatable bonds is 5. The molecule has 2 aromatic carbocycles. The van der Waals surface area contributed by atoms with Crippen molar-refractivity contribution in [3.8, 4) is 17.1 Å². The van der Waals surface area contributed by atoms with Crippen LogP contribution in [0, 0.1) is 6.92 Å². The number of amides is 3. The minimum Gasteiger partial charge on any atom is -0.341 e. The molecular weight excluding hydrogens is 374 g/mol. The third kappa shape index (κ3) is 4.40. The van der Waals surface area contributed by atoms with Gasteiger partial charge in [0.25, 0.3) is 0 Å². The Bertz CT molecular complexity index is 970. The average Bonchev–Trinajstić information content (AvgIpc) is 3.12. The normalized spacial score (nSPS) is 11.7. The van der Waals surface area contributed by atoms with E-state index in [9.17, 15) is 9.59 Å². The lowest BCUT2D eigenvalue weighted by Gasteiger charge is -2.13. The van der Waals surface area contributed by atoms with E-state index in [1.54, 1.807) is 6.92 Å². The van der Waals surface area contributed by atoms with Crippen LogP contribution in [0.2, 0.25) is 0 Å². The van der Waals surface area contributed by atoms with Crippen LogP contribution in [0.4, 0.5) is 4.79 Å². The topological polar surface area (TPSA) is 88.9 Å². The summed E-state index contributed by atoms with van der Waals surface area (Å²) in [6.45, 7) is 3.74. The number of imide groups is 1. The molecule has 1 aromatic heterocycles. The van der Waals surface area contributed by atoms with Crippen molar-refractivity contribution in [1.29, 1.82) is 0 Å². The summed E-state index contributed by atoms with van der Waals surface area (Å²) in [4.78, 5) is 23.6. The van der Waals surface area contributed by atoms with E-state index in [4.69, 9.17) is 0 Å². The summed E-state index contributed by atoms with van der Waals surface area (Å²) in [6, 6.07) is 17.2. The summed E-state index contributed by atoms with van der Waals surface area (Å²) in [5, 5.41) is 13.4. The number of nitrogens with zero attached hydrogens (tertiary/aromatic N) is 3. The first-order valence-corrected chi connectivity index (χ1v) is 9.64. The molecule has 3 rings (SSSR count). The fourth-order valence-corrected chi connectivity index (χ4v) is 3.40. The van der Waals surface area contributed by atoms with Crippen LogP contribution in [0.3, 0.4) is 0 Å². The Hall–Kier alpha value is -3.13. The summed E-state index contributed by atoms with van der Waals surface area (Å²) in [5.74, 6) is 0.287. The second-order valence-electron chi connectivity index (χ2n) is 6.17. The van der Waals surface area contributed by atoms with E-state index in [0.717, 1.165) is 16.8 Å². The number of thioether (sulfide) groups is 1. The van der Waals surface area contributed by atoms with Crippen molar-refractivity contribution in [2.24, 2.45) is 0 Å². The van der Waals surface area contributed by atoms with Crippen LogP contribution >= 0.6 is 11.8 Å². The van der Waals surface area contributed by atoms with Gasteiger partial charge in [0.05, 0.1) is 5.25 Å². The van der Waals surface area contributed by atoms with Gasteiger partial charge in [-0.2, -0.15) is 0 Å². The Balaban J connectivity index is 1.97. The van der Waals surface area contributed by atoms with E-state index >= 15 is 0 Å². The zero-order chi connectivity index (χ0) is 20.1. The molecule has 1 unspecified atom stereocenters. The number of nitrogens with one attached hydrogen (secondary N) is 2. The van der Waals surface area contributed by atoms with Gasteiger partial charge in [-0.15, -0.1) is 10.2 Å². The van der Waals surface area contributed by atoms with Gasteiger partial charge in [-0.25, -0.2) is 4.79 Å². The molecule has 0 saturated heterocycles. The van der Waals surface area contributed by atoms with E-state index in [0.29, 0.717) is 11.0 Å². The SMILES string of the molecule is CNC(=O)NC(=O)C(C)Sc1nnc(-c2ccccc2)n1-c1ccc(C)cc1. The molecule has 1 atom stereocenters. The molecule has 0 bridgehead atoms. The Kier molecular flexibility index (Phi) is 6.10. The highest BCUT2D eigenvalue weighted by Crippen LogP contribution is 2.30. The second kappa shape index (κ2) is 8.71. The van der Waals surface area contributed by atoms with Crippen molar-refractivity contribution in [2.45, 2.75) is 24.3 Å². The van der Waals surface area contributed by atoms with E-state index in [-0.39, 0.29) is 0 Å². The van der Waals surface area contributed by atoms with Crippen LogP contribution in [0.5, 0.6) is 0 Å². The lowest BCUT2D eigenvalue weighted by atomic mass is 10.2. The molecule has 144 valence electrons. The van der Waals surface area contributed by atoms with Crippen molar-refractivity contribution >= 4 is 23.7 Å². The standard InChI is InChI=1S/C20H21N5O2S/c1-13-9-11-16(12-10-13)25-17(15-7-5-4-6-8-15)23-24-20(25)28-14(2)18(26)22-19(27)21-3/h4-12,14H,1-3H3,(H2,21,22,26,27). The molecule has 0 aliphatic rings. The Labute approximate surface area is 167 Å². The average molecular weight is 395 g/mol. The summed E-state index contributed by atoms with van der Waals surface area (Å²) < 4.78 is 1.92. The van der Waals surface area contributed by atoms with Crippen LogP contribution in [0.15, 0.2) is 59.8 Å². The number of aryl methyl sites for hydroxylation is 1. The van der Waals surface area contributed by atoms with Crippen molar-refractivity contribution < 1.29 is 9.59 Å². The first-order valence-electron chi connectivity index (χ1n) is 8.76. The number of urea groups is 1. The Morgan fingerprint density at radius 2 is 1.71 bits per heavy atom. The monoisotopic (exact) mass is 395 g/mol. The molecule has 3 aromatic rings. The number of carbonyl (C=O) groups is 2. The largest absolute Gasteiger partial charge is 0.341 e. The molecule has 1 heterocycles. The molecule has 8 heteroatoms. The van der Waals surface area contributed by atoms with Crippen LogP contribution < -0.4 is 10.6 Å². The smallest absolute Gasteiger partial charge is 0.321 e. The van der Waals surface area contributed by atoms with Gasteiger partial charge in [0.2, 0.25) is 5.91 Å². The maximum absolute atomic E-state index is 12.2. The summed E-state index contributed by atoms with van der Waals surface area (Å²) in [7, 11) is 1.46. The summed E-state index contributed by atoms with van der Waals surface area (Å²) >= 11 is 1.24. The molecular formula is C20H21N5O2S. The Morgan fingerprint density at radius 1 is 1.04 bits per heavy atom. The fourth-order valence-electron chi connectivity index (χ4n) is 2.53. The molecule has 0 fully saturated rings. The first-order chi connectivity index (χ1) is 13.5. The van der Waals surface area contributed by atoms with Crippen LogP contribution in [-0.2, 0) is 4.79 Å². The molecule has 3 amide bonds. The quantitative estimate of drug-likeness (QED) is 0.648. The van der Waals surface area contributed by atoms with Crippen molar-refractivity contribution in [3.05, 3.63) is 60.2 Å². The van der Waals surface area contributed by atoms with Crippen LogP contribution in [0.1, 0.15) is 12.5 Å². The van der Waals surface area contributed by atoms with Crippen molar-refractivity contribution in [3.63, 3.8) is 0 Å². The third-order valence-electron chi connectivity index (χ3n) is 4.07. The first kappa shape index (κ1) is 19.6. The number of hydrogen-bond donors (Lipinski definition) is 2. The van der Waals surface area contributed by atoms with Crippen LogP contribution in [0.25, 0.3) is 17.1 Å². The second-order valence-corrected chi connectivity index (χ2v) is 7.48. The molecule has 7 nitrogen and oxygen atoms in total. The maximum Gasteiger partial charge on any atom is 0.321 e. The zero-order valence-electron chi connectivity index (χ0n) is 15.8. The van der Waals surface area contributed by atoms with Gasteiger partial charge in [-0.05, 0) is 26.0 Å². The molecule has 0 spiro atoms. The molecule has 0 aliphatic carbocycles. The van der Waals surface area contributed by atoms with Crippen molar-refractivity contribution in [2.75, 3.05) is 7.05 Å². The van der Waals surface area contributed by atoms with Gasteiger partial charge >= 0.3 is 6.03 Å². The zero-order valence-corrected chi connectivity index (χ0v) is 16.7. The maximum atomic E-state index is 12.2. The fraction of sp³-hybridized carbons (Fsp3) is 0.200. The summed E-state index contributed by atoms with van der Waals surface area (Å²) in [6.07, 6.45) is 0. The van der Waals surface area contributed by atoms with Gasteiger partial charge in [-0.1, -0.05) is 59.8 Å². The van der Waals surface area contributed by atoms with Gasteiger partial charge < -0.3 is 5.32 Å². The highest BCUT2D eigenvalue weighted by Gasteiger charge is 2.22. The number of aromatic nitrogens is 3. The lowest BCUT2D eigenvalue weighted by Crippen LogP contribution is -2.41. The highest BCUT2D eigenvalue weighted by molar-refractivity contribution is 8.00. The molecule has 2 N–H and O–H groups in total. The minimum atomic E-state index is -0.539. The predicted molar refractivity (Wildman–Crippen MR) is 109 cm³/mol. The van der Waals surface area contributed by atoms with Gasteiger partial charge in [0.15, 0.2) is 11.0 Å². The molecule has 28 heavy (non-hydrogen) atoms. The van der Waals surface area contributed by atoms with E-state index in [1.165, 1.54) is 18.8 Å². The van der Waals surface area contributed by atoms with E-state index in [2.05, 4.69) is 20.8 Å². The van der Waals surface area contributed by atoms with Crippen molar-refractivity contribution in [1.82, 2.24) is 25.4 Å². The van der Waals surface area contributed by atoms with Gasteiger partial charge in [0, 0.05) is 18.3 Å². The Morgan fingerprint density at radius 3 is 2.36 bits per heavy atom. The highest BCUT2D eigenvalue weighted by atomic mass is 32.2. The third-order valence-corrected chi connectivity index (χ3v) is 5.12. The number of hydrogen-bond acceptors (Lipinski definition) is 5. The van der Waals surface area contributed by atoms with E-state index < -0.39 is 17.2 Å². The van der Waals surface area contributed by atoms with E-state index in [1.807, 2.05) is 66.1 Å². The number of carbonyl (C=O) groups excluding carboxylic acids is 2. The lowest BCUT2D eigenvalue weighted by molar-refractivity contribution is -0.119. The van der Waals surface area contributed by atoms with Crippen LogP contribution in [-0.4, -0.2) is 39.0 Å². The predicted octanol–water partition coefficient (Wildman–Crippen LogP) is 3.18. The van der Waals surface area contributed by atoms with Gasteiger partial charge in [-0.3, -0.25) is 14.7 Å². The summed E-state index contributed by atoms with van der Waals surface area (Å²) in [5.41, 5.74) is 2.96. The molecule has 0 saturated carbocycles.